The molecule has 0 aliphatic heterocycles. The van der Waals surface area contributed by atoms with Crippen molar-refractivity contribution in [1.82, 2.24) is 14.7 Å². The van der Waals surface area contributed by atoms with Crippen LogP contribution in [-0.4, -0.2) is 14.7 Å². The summed E-state index contributed by atoms with van der Waals surface area (Å²) >= 11 is 0. The molecule has 2 heterocycles. The summed E-state index contributed by atoms with van der Waals surface area (Å²) in [6, 6.07) is 11.6. The third-order valence-electron chi connectivity index (χ3n) is 3.46. The van der Waals surface area contributed by atoms with Gasteiger partial charge >= 0.3 is 0 Å². The predicted molar refractivity (Wildman–Crippen MR) is 79.0 cm³/mol. The van der Waals surface area contributed by atoms with E-state index in [2.05, 4.69) is 10.1 Å². The molecule has 3 aromatic rings. The summed E-state index contributed by atoms with van der Waals surface area (Å²) in [5.74, 6) is 0.690. The maximum Gasteiger partial charge on any atom is 0.256 e. The number of aromatic nitrogens is 3. The number of nitrogens with zero attached hydrogens (tertiary/aromatic N) is 3. The molecular weight excluding hydrogens is 266 g/mol. The van der Waals surface area contributed by atoms with Gasteiger partial charge in [-0.1, -0.05) is 35.5 Å². The molecule has 0 aliphatic rings. The molecule has 0 atom stereocenters. The van der Waals surface area contributed by atoms with E-state index in [1.54, 1.807) is 13.3 Å². The van der Waals surface area contributed by atoms with Crippen LogP contribution < -0.4 is 5.56 Å². The second kappa shape index (κ2) is 5.36. The normalized spacial score (nSPS) is 10.8. The Morgan fingerprint density at radius 2 is 1.95 bits per heavy atom. The Morgan fingerprint density at radius 1 is 1.19 bits per heavy atom. The topological polar surface area (TPSA) is 60.9 Å². The van der Waals surface area contributed by atoms with Crippen LogP contribution in [0.4, 0.5) is 0 Å². The number of aryl methyl sites for hydroxylation is 1. The van der Waals surface area contributed by atoms with E-state index in [0.29, 0.717) is 23.6 Å². The van der Waals surface area contributed by atoms with Crippen molar-refractivity contribution in [2.45, 2.75) is 20.4 Å². The molecule has 2 aromatic heterocycles. The zero-order valence-corrected chi connectivity index (χ0v) is 11.9. The van der Waals surface area contributed by atoms with Crippen molar-refractivity contribution in [3.63, 3.8) is 0 Å². The maximum atomic E-state index is 12.1. The highest BCUT2D eigenvalue weighted by Crippen LogP contribution is 2.19. The van der Waals surface area contributed by atoms with Gasteiger partial charge in [-0.3, -0.25) is 9.36 Å². The van der Waals surface area contributed by atoms with Gasteiger partial charge in [0.2, 0.25) is 0 Å². The first-order valence-electron chi connectivity index (χ1n) is 6.69. The molecule has 1 aromatic carbocycles. The highest BCUT2D eigenvalue weighted by molar-refractivity contribution is 5.56. The summed E-state index contributed by atoms with van der Waals surface area (Å²) in [5, 5.41) is 4.02. The summed E-state index contributed by atoms with van der Waals surface area (Å²) in [7, 11) is 0. The van der Waals surface area contributed by atoms with Gasteiger partial charge in [0.25, 0.3) is 5.56 Å². The lowest BCUT2D eigenvalue weighted by Crippen LogP contribution is -2.24. The SMILES string of the molecule is Cc1ncn(Cc2cc(-c3ccccc3)on2)c(=O)c1C. The molecule has 0 saturated carbocycles. The van der Waals surface area contributed by atoms with Crippen LogP contribution in [0, 0.1) is 13.8 Å². The third kappa shape index (κ3) is 2.63. The first kappa shape index (κ1) is 13.3. The van der Waals surface area contributed by atoms with Gasteiger partial charge in [0.05, 0.1) is 12.9 Å². The molecular formula is C16H15N3O2. The highest BCUT2D eigenvalue weighted by Gasteiger charge is 2.09. The first-order valence-corrected chi connectivity index (χ1v) is 6.69. The van der Waals surface area contributed by atoms with E-state index in [1.807, 2.05) is 43.3 Å². The molecule has 0 bridgehead atoms. The van der Waals surface area contributed by atoms with E-state index < -0.39 is 0 Å². The Hall–Kier alpha value is -2.69. The quantitative estimate of drug-likeness (QED) is 0.740. The lowest BCUT2D eigenvalue weighted by Gasteiger charge is -2.04. The second-order valence-corrected chi connectivity index (χ2v) is 4.94. The fraction of sp³-hybridized carbons (Fsp3) is 0.188. The average molecular weight is 281 g/mol. The van der Waals surface area contributed by atoms with Crippen LogP contribution in [0.2, 0.25) is 0 Å². The van der Waals surface area contributed by atoms with Gasteiger partial charge in [0.1, 0.15) is 5.69 Å². The zero-order chi connectivity index (χ0) is 14.8. The number of benzene rings is 1. The van der Waals surface area contributed by atoms with E-state index in [1.165, 1.54) is 4.57 Å². The van der Waals surface area contributed by atoms with Crippen molar-refractivity contribution < 1.29 is 4.52 Å². The third-order valence-corrected chi connectivity index (χ3v) is 3.46. The molecule has 21 heavy (non-hydrogen) atoms. The van der Waals surface area contributed by atoms with Crippen LogP contribution in [0.3, 0.4) is 0 Å². The summed E-state index contributed by atoms with van der Waals surface area (Å²) < 4.78 is 6.87. The van der Waals surface area contributed by atoms with Gasteiger partial charge in [-0.2, -0.15) is 0 Å². The van der Waals surface area contributed by atoms with Crippen molar-refractivity contribution in [3.8, 4) is 11.3 Å². The fourth-order valence-electron chi connectivity index (χ4n) is 2.09. The summed E-state index contributed by atoms with van der Waals surface area (Å²) in [6.45, 7) is 3.95. The molecule has 0 amide bonds. The molecule has 0 fully saturated rings. The monoisotopic (exact) mass is 281 g/mol. The van der Waals surface area contributed by atoms with Gasteiger partial charge in [-0.05, 0) is 13.8 Å². The number of hydrogen-bond acceptors (Lipinski definition) is 4. The van der Waals surface area contributed by atoms with Crippen molar-refractivity contribution in [1.29, 1.82) is 0 Å². The molecule has 0 unspecified atom stereocenters. The molecule has 0 aliphatic carbocycles. The molecule has 0 radical (unpaired) electrons. The van der Waals surface area contributed by atoms with Gasteiger partial charge < -0.3 is 4.52 Å². The van der Waals surface area contributed by atoms with E-state index in [4.69, 9.17) is 4.52 Å². The maximum absolute atomic E-state index is 12.1. The number of rotatable bonds is 3. The van der Waals surface area contributed by atoms with Crippen LogP contribution in [-0.2, 0) is 6.54 Å². The summed E-state index contributed by atoms with van der Waals surface area (Å²) in [4.78, 5) is 16.3. The standard InChI is InChI=1S/C16H15N3O2/c1-11-12(2)17-10-19(16(11)20)9-14-8-15(21-18-14)13-6-4-3-5-7-13/h3-8,10H,9H2,1-2H3. The molecule has 0 saturated heterocycles. The Kier molecular flexibility index (Phi) is 3.39. The highest BCUT2D eigenvalue weighted by atomic mass is 16.5. The first-order chi connectivity index (χ1) is 10.1. The molecule has 3 rings (SSSR count). The lowest BCUT2D eigenvalue weighted by molar-refractivity contribution is 0.420. The van der Waals surface area contributed by atoms with E-state index in [0.717, 1.165) is 11.3 Å². The summed E-state index contributed by atoms with van der Waals surface area (Å²) in [5.41, 5.74) is 3.01. The van der Waals surface area contributed by atoms with Crippen LogP contribution >= 0.6 is 0 Å². The molecule has 106 valence electrons. The Labute approximate surface area is 121 Å². The van der Waals surface area contributed by atoms with Crippen molar-refractivity contribution >= 4 is 0 Å². The lowest BCUT2D eigenvalue weighted by atomic mass is 10.1. The minimum Gasteiger partial charge on any atom is -0.356 e. The van der Waals surface area contributed by atoms with Gasteiger partial charge in [0, 0.05) is 22.9 Å². The van der Waals surface area contributed by atoms with E-state index >= 15 is 0 Å². The summed E-state index contributed by atoms with van der Waals surface area (Å²) in [6.07, 6.45) is 1.54. The second-order valence-electron chi connectivity index (χ2n) is 4.94. The Bertz CT molecular complexity index is 819. The fourth-order valence-corrected chi connectivity index (χ4v) is 2.09. The number of hydrogen-bond donors (Lipinski definition) is 0. The Balaban J connectivity index is 1.89. The largest absolute Gasteiger partial charge is 0.356 e. The van der Waals surface area contributed by atoms with Crippen molar-refractivity contribution in [3.05, 3.63) is 70.0 Å². The van der Waals surface area contributed by atoms with Crippen LogP contribution in [0.15, 0.2) is 52.0 Å². The van der Waals surface area contributed by atoms with Crippen molar-refractivity contribution in [2.75, 3.05) is 0 Å². The predicted octanol–water partition coefficient (Wildman–Crippen LogP) is 2.56. The van der Waals surface area contributed by atoms with Gasteiger partial charge in [0.15, 0.2) is 5.76 Å². The van der Waals surface area contributed by atoms with Crippen molar-refractivity contribution in [2.24, 2.45) is 0 Å². The van der Waals surface area contributed by atoms with E-state index in [9.17, 15) is 4.79 Å². The van der Waals surface area contributed by atoms with Crippen LogP contribution in [0.1, 0.15) is 17.0 Å². The molecule has 5 nitrogen and oxygen atoms in total. The zero-order valence-electron chi connectivity index (χ0n) is 11.9. The van der Waals surface area contributed by atoms with Crippen LogP contribution in [0.25, 0.3) is 11.3 Å². The molecule has 0 N–H and O–H groups in total. The smallest absolute Gasteiger partial charge is 0.256 e. The molecule has 5 heteroatoms. The average Bonchev–Trinajstić information content (AvgIpc) is 2.97. The van der Waals surface area contributed by atoms with Gasteiger partial charge in [-0.15, -0.1) is 0 Å². The Morgan fingerprint density at radius 3 is 2.71 bits per heavy atom. The van der Waals surface area contributed by atoms with E-state index in [-0.39, 0.29) is 5.56 Å². The minimum atomic E-state index is -0.0493. The van der Waals surface area contributed by atoms with Crippen LogP contribution in [0.5, 0.6) is 0 Å². The van der Waals surface area contributed by atoms with Gasteiger partial charge in [-0.25, -0.2) is 4.98 Å². The molecule has 0 spiro atoms. The minimum absolute atomic E-state index is 0.0493.